The summed E-state index contributed by atoms with van der Waals surface area (Å²) in [5.74, 6) is 0.839. The Morgan fingerprint density at radius 2 is 2.24 bits per heavy atom. The molecule has 2 heterocycles. The second-order valence-electron chi connectivity index (χ2n) is 7.50. The number of ether oxygens (including phenoxy) is 1. The van der Waals surface area contributed by atoms with Gasteiger partial charge in [-0.15, -0.1) is 11.3 Å². The highest BCUT2D eigenvalue weighted by atomic mass is 35.5. The van der Waals surface area contributed by atoms with Gasteiger partial charge in [-0.2, -0.15) is 0 Å². The van der Waals surface area contributed by atoms with Crippen molar-refractivity contribution in [2.45, 2.75) is 39.2 Å². The van der Waals surface area contributed by atoms with Gasteiger partial charge in [-0.1, -0.05) is 18.5 Å². The fraction of sp³-hybridized carbons (Fsp3) is 0.381. The number of aromatic nitrogens is 2. The second kappa shape index (κ2) is 7.80. The first kappa shape index (κ1) is 19.9. The smallest absolute Gasteiger partial charge is 0.263 e. The van der Waals surface area contributed by atoms with E-state index < -0.39 is 6.04 Å². The highest BCUT2D eigenvalue weighted by Crippen LogP contribution is 2.35. The van der Waals surface area contributed by atoms with E-state index in [2.05, 4.69) is 17.2 Å². The lowest BCUT2D eigenvalue weighted by Gasteiger charge is -2.18. The predicted octanol–water partition coefficient (Wildman–Crippen LogP) is 4.44. The van der Waals surface area contributed by atoms with Crippen LogP contribution in [0, 0.1) is 5.92 Å². The van der Waals surface area contributed by atoms with Crippen molar-refractivity contribution in [2.75, 3.05) is 12.4 Å². The molecule has 2 atom stereocenters. The molecule has 0 radical (unpaired) electrons. The minimum absolute atomic E-state index is 0.155. The Hall–Kier alpha value is -2.38. The molecule has 0 aliphatic heterocycles. The maximum atomic E-state index is 13.2. The van der Waals surface area contributed by atoms with E-state index in [4.69, 9.17) is 16.3 Å². The highest BCUT2D eigenvalue weighted by molar-refractivity contribution is 7.18. The van der Waals surface area contributed by atoms with E-state index in [1.165, 1.54) is 22.9 Å². The van der Waals surface area contributed by atoms with Crippen LogP contribution in [0.25, 0.3) is 10.2 Å². The number of benzene rings is 1. The second-order valence-corrected chi connectivity index (χ2v) is 8.99. The van der Waals surface area contributed by atoms with Gasteiger partial charge in [-0.3, -0.25) is 14.2 Å². The van der Waals surface area contributed by atoms with Crippen LogP contribution >= 0.6 is 22.9 Å². The number of nitrogens with zero attached hydrogens (tertiary/aromatic N) is 2. The van der Waals surface area contributed by atoms with Crippen molar-refractivity contribution in [1.82, 2.24) is 9.55 Å². The molecular formula is C21H22ClN3O3S. The van der Waals surface area contributed by atoms with Crippen molar-refractivity contribution in [2.24, 2.45) is 5.92 Å². The average molecular weight is 432 g/mol. The van der Waals surface area contributed by atoms with Gasteiger partial charge < -0.3 is 10.1 Å². The lowest BCUT2D eigenvalue weighted by molar-refractivity contribution is -0.118. The SMILES string of the molecule is COc1ccc(NC(=O)C(C)n2cnc3sc4c(c3c2=O)CCC(C)C4)cc1Cl. The third kappa shape index (κ3) is 3.65. The number of aryl methyl sites for hydroxylation is 1. The summed E-state index contributed by atoms with van der Waals surface area (Å²) in [4.78, 5) is 32.5. The molecule has 0 saturated heterocycles. The zero-order chi connectivity index (χ0) is 20.7. The van der Waals surface area contributed by atoms with Crippen LogP contribution in [0.2, 0.25) is 5.02 Å². The van der Waals surface area contributed by atoms with Gasteiger partial charge in [0.15, 0.2) is 0 Å². The predicted molar refractivity (Wildman–Crippen MR) is 116 cm³/mol. The van der Waals surface area contributed by atoms with E-state index >= 15 is 0 Å². The first-order valence-electron chi connectivity index (χ1n) is 9.54. The van der Waals surface area contributed by atoms with Crippen LogP contribution in [0.4, 0.5) is 5.69 Å². The summed E-state index contributed by atoms with van der Waals surface area (Å²) in [6.07, 6.45) is 4.43. The lowest BCUT2D eigenvalue weighted by atomic mass is 9.89. The molecule has 0 bridgehead atoms. The van der Waals surface area contributed by atoms with Crippen molar-refractivity contribution >= 4 is 44.7 Å². The molecule has 0 saturated carbocycles. The third-order valence-electron chi connectivity index (χ3n) is 5.46. The van der Waals surface area contributed by atoms with Crippen molar-refractivity contribution in [1.29, 1.82) is 0 Å². The van der Waals surface area contributed by atoms with Crippen LogP contribution < -0.4 is 15.6 Å². The van der Waals surface area contributed by atoms with Crippen molar-refractivity contribution in [3.8, 4) is 5.75 Å². The van der Waals surface area contributed by atoms with Crippen molar-refractivity contribution < 1.29 is 9.53 Å². The van der Waals surface area contributed by atoms with E-state index in [-0.39, 0.29) is 11.5 Å². The topological polar surface area (TPSA) is 73.2 Å². The molecule has 1 aromatic carbocycles. The summed E-state index contributed by atoms with van der Waals surface area (Å²) in [7, 11) is 1.53. The first-order chi connectivity index (χ1) is 13.9. The van der Waals surface area contributed by atoms with Gasteiger partial charge in [0.2, 0.25) is 5.91 Å². The van der Waals surface area contributed by atoms with Gasteiger partial charge in [0.05, 0.1) is 23.8 Å². The minimum Gasteiger partial charge on any atom is -0.495 e. The summed E-state index contributed by atoms with van der Waals surface area (Å²) in [5.41, 5.74) is 1.50. The number of carbonyl (C=O) groups is 1. The van der Waals surface area contributed by atoms with Crippen LogP contribution in [-0.4, -0.2) is 22.6 Å². The maximum Gasteiger partial charge on any atom is 0.263 e. The number of amides is 1. The molecule has 1 aliphatic rings. The van der Waals surface area contributed by atoms with Gasteiger partial charge in [0, 0.05) is 10.6 Å². The molecule has 1 aliphatic carbocycles. The van der Waals surface area contributed by atoms with Crippen molar-refractivity contribution in [3.63, 3.8) is 0 Å². The number of carbonyl (C=O) groups excluding carboxylic acids is 1. The first-order valence-corrected chi connectivity index (χ1v) is 10.7. The van der Waals surface area contributed by atoms with Gasteiger partial charge in [-0.05, 0) is 55.9 Å². The molecule has 29 heavy (non-hydrogen) atoms. The quantitative estimate of drug-likeness (QED) is 0.662. The third-order valence-corrected chi connectivity index (χ3v) is 6.91. The standard InChI is InChI=1S/C21H22ClN3O3S/c1-11-4-6-14-17(8-11)29-20-18(14)21(27)25(10-23-20)12(2)19(26)24-13-5-7-16(28-3)15(22)9-13/h5,7,9-12H,4,6,8H2,1-3H3,(H,24,26). The molecule has 0 spiro atoms. The Labute approximate surface area is 177 Å². The fourth-order valence-corrected chi connectivity index (χ4v) is 5.34. The molecule has 2 aromatic heterocycles. The summed E-state index contributed by atoms with van der Waals surface area (Å²) in [5, 5.41) is 3.88. The van der Waals surface area contributed by atoms with E-state index in [0.29, 0.717) is 27.8 Å². The van der Waals surface area contributed by atoms with Gasteiger partial charge in [0.25, 0.3) is 5.56 Å². The number of halogens is 1. The monoisotopic (exact) mass is 431 g/mol. The zero-order valence-electron chi connectivity index (χ0n) is 16.5. The Kier molecular flexibility index (Phi) is 5.36. The molecule has 6 nitrogen and oxygen atoms in total. The van der Waals surface area contributed by atoms with Crippen molar-refractivity contribution in [3.05, 3.63) is 50.3 Å². The molecule has 152 valence electrons. The van der Waals surface area contributed by atoms with Gasteiger partial charge in [0.1, 0.15) is 16.6 Å². The van der Waals surface area contributed by atoms with Crippen LogP contribution in [0.1, 0.15) is 36.8 Å². The fourth-order valence-electron chi connectivity index (χ4n) is 3.74. The number of fused-ring (bicyclic) bond motifs is 3. The number of methoxy groups -OCH3 is 1. The van der Waals surface area contributed by atoms with Gasteiger partial charge in [-0.25, -0.2) is 4.98 Å². The maximum absolute atomic E-state index is 13.2. The highest BCUT2D eigenvalue weighted by Gasteiger charge is 2.25. The van der Waals surface area contributed by atoms with Gasteiger partial charge >= 0.3 is 0 Å². The van der Waals surface area contributed by atoms with Crippen LogP contribution in [0.3, 0.4) is 0 Å². The largest absolute Gasteiger partial charge is 0.495 e. The average Bonchev–Trinajstić information content (AvgIpc) is 3.06. The summed E-state index contributed by atoms with van der Waals surface area (Å²) >= 11 is 7.73. The molecular weight excluding hydrogens is 410 g/mol. The van der Waals surface area contributed by atoms with E-state index in [1.807, 2.05) is 0 Å². The number of rotatable bonds is 4. The van der Waals surface area contributed by atoms with Crippen LogP contribution in [0.15, 0.2) is 29.3 Å². The lowest BCUT2D eigenvalue weighted by Crippen LogP contribution is -2.32. The molecule has 3 aromatic rings. The van der Waals surface area contributed by atoms with E-state index in [0.717, 1.165) is 29.7 Å². The molecule has 2 unspecified atom stereocenters. The number of hydrogen-bond acceptors (Lipinski definition) is 5. The minimum atomic E-state index is -0.710. The Balaban J connectivity index is 1.63. The number of thiophene rings is 1. The Morgan fingerprint density at radius 3 is 2.97 bits per heavy atom. The number of nitrogens with one attached hydrogen (secondary N) is 1. The normalized spacial score (nSPS) is 17.0. The van der Waals surface area contributed by atoms with Crippen LogP contribution in [-0.2, 0) is 17.6 Å². The molecule has 1 N–H and O–H groups in total. The van der Waals surface area contributed by atoms with E-state index in [1.54, 1.807) is 36.5 Å². The summed E-state index contributed by atoms with van der Waals surface area (Å²) < 4.78 is 6.54. The number of anilines is 1. The molecule has 1 amide bonds. The van der Waals surface area contributed by atoms with Crippen LogP contribution in [0.5, 0.6) is 5.75 Å². The summed E-state index contributed by atoms with van der Waals surface area (Å²) in [6, 6.07) is 4.29. The molecule has 8 heteroatoms. The molecule has 4 rings (SSSR count). The molecule has 0 fully saturated rings. The Morgan fingerprint density at radius 1 is 1.45 bits per heavy atom. The number of hydrogen-bond donors (Lipinski definition) is 1. The summed E-state index contributed by atoms with van der Waals surface area (Å²) in [6.45, 7) is 3.92. The Bertz CT molecular complexity index is 1150. The zero-order valence-corrected chi connectivity index (χ0v) is 18.1. The van der Waals surface area contributed by atoms with E-state index in [9.17, 15) is 9.59 Å².